The van der Waals surface area contributed by atoms with Crippen LogP contribution in [0, 0.1) is 0 Å². The van der Waals surface area contributed by atoms with Gasteiger partial charge in [-0.1, -0.05) is 39.1 Å². The van der Waals surface area contributed by atoms with Crippen molar-refractivity contribution < 1.29 is 26.3 Å². The molecule has 5 nitrogen and oxygen atoms in total. The Balaban J connectivity index is 2.16. The van der Waals surface area contributed by atoms with Crippen LogP contribution in [-0.4, -0.2) is 25.3 Å². The Labute approximate surface area is 182 Å². The van der Waals surface area contributed by atoms with Crippen molar-refractivity contribution in [2.75, 3.05) is 7.11 Å². The number of ether oxygens (including phenoxy) is 1. The van der Waals surface area contributed by atoms with Crippen LogP contribution in [0.3, 0.4) is 0 Å². The Kier molecular flexibility index (Phi) is 5.92. The molecule has 0 bridgehead atoms. The first-order valence-corrected chi connectivity index (χ1v) is 10.7. The summed E-state index contributed by atoms with van der Waals surface area (Å²) in [5.74, 6) is -0.264. The minimum Gasteiger partial charge on any atom is -0.479 e. The normalized spacial score (nSPS) is 12.2. The van der Waals surface area contributed by atoms with Crippen LogP contribution in [0.25, 0.3) is 5.69 Å². The van der Waals surface area contributed by atoms with Crippen LogP contribution in [0.2, 0.25) is 10.0 Å². The molecule has 0 saturated heterocycles. The van der Waals surface area contributed by atoms with E-state index in [1.807, 2.05) is 0 Å². The molecule has 29 heavy (non-hydrogen) atoms. The second-order valence-corrected chi connectivity index (χ2v) is 9.34. The lowest BCUT2D eigenvalue weighted by atomic mass is 10.2. The molecule has 12 heteroatoms. The molecule has 0 unspecified atom stereocenters. The van der Waals surface area contributed by atoms with Crippen LogP contribution in [0.5, 0.6) is 5.88 Å². The summed E-state index contributed by atoms with van der Waals surface area (Å²) in [5.41, 5.74) is -1.16. The van der Waals surface area contributed by atoms with E-state index in [0.717, 1.165) is 10.9 Å². The molecule has 0 saturated carbocycles. The number of benzene rings is 2. The Bertz CT molecular complexity index is 1160. The summed E-state index contributed by atoms with van der Waals surface area (Å²) in [7, 11) is -2.83. The van der Waals surface area contributed by atoms with Crippen molar-refractivity contribution in [2.45, 2.75) is 16.0 Å². The van der Waals surface area contributed by atoms with E-state index < -0.39 is 21.6 Å². The molecule has 0 atom stereocenters. The smallest absolute Gasteiger partial charge is 0.416 e. The standard InChI is InChI=1S/C17H10BrCl2F3N2O3S/c1-28-16-14(29(26,27)11-4-2-10(18)3-5-11)8-25(24-16)15-12(19)6-9(7-13(15)20)17(21,22)23/h2-8H,1H3. The first-order valence-electron chi connectivity index (χ1n) is 7.66. The SMILES string of the molecule is COc1nn(-c2c(Cl)cc(C(F)(F)F)cc2Cl)cc1S(=O)(=O)c1ccc(Br)cc1. The quantitative estimate of drug-likeness (QED) is 0.428. The summed E-state index contributed by atoms with van der Waals surface area (Å²) in [6.45, 7) is 0. The zero-order valence-electron chi connectivity index (χ0n) is 14.3. The number of methoxy groups -OCH3 is 1. The maximum atomic E-state index is 13.0. The van der Waals surface area contributed by atoms with Gasteiger partial charge in [-0.25, -0.2) is 13.1 Å². The predicted octanol–water partition coefficient (Wildman–Crippen LogP) is 5.80. The second kappa shape index (κ2) is 7.82. The number of nitrogens with zero attached hydrogens (tertiary/aromatic N) is 2. The fourth-order valence-corrected chi connectivity index (χ4v) is 4.74. The number of hydrogen-bond donors (Lipinski definition) is 0. The van der Waals surface area contributed by atoms with Crippen LogP contribution in [-0.2, 0) is 16.0 Å². The van der Waals surface area contributed by atoms with Crippen LogP contribution in [0.15, 0.2) is 56.9 Å². The van der Waals surface area contributed by atoms with E-state index in [1.54, 1.807) is 12.1 Å². The third-order valence-corrected chi connectivity index (χ3v) is 6.69. The van der Waals surface area contributed by atoms with E-state index >= 15 is 0 Å². The highest BCUT2D eigenvalue weighted by molar-refractivity contribution is 9.10. The molecule has 0 aliphatic heterocycles. The lowest BCUT2D eigenvalue weighted by molar-refractivity contribution is -0.137. The van der Waals surface area contributed by atoms with Crippen molar-refractivity contribution in [2.24, 2.45) is 0 Å². The highest BCUT2D eigenvalue weighted by Gasteiger charge is 2.33. The highest BCUT2D eigenvalue weighted by Crippen LogP contribution is 2.39. The fraction of sp³-hybridized carbons (Fsp3) is 0.118. The number of halogens is 6. The molecule has 1 aromatic heterocycles. The average molecular weight is 530 g/mol. The van der Waals surface area contributed by atoms with Crippen molar-refractivity contribution in [1.82, 2.24) is 9.78 Å². The highest BCUT2D eigenvalue weighted by atomic mass is 79.9. The summed E-state index contributed by atoms with van der Waals surface area (Å²) in [4.78, 5) is -0.322. The molecule has 3 rings (SSSR count). The lowest BCUT2D eigenvalue weighted by Crippen LogP contribution is -2.07. The second-order valence-electron chi connectivity index (χ2n) is 5.69. The van der Waals surface area contributed by atoms with Crippen molar-refractivity contribution in [1.29, 1.82) is 0 Å². The molecule has 0 aliphatic rings. The van der Waals surface area contributed by atoms with Gasteiger partial charge in [-0.15, -0.1) is 5.10 Å². The van der Waals surface area contributed by atoms with Gasteiger partial charge >= 0.3 is 6.18 Å². The molecule has 2 aromatic carbocycles. The van der Waals surface area contributed by atoms with Crippen molar-refractivity contribution >= 4 is 49.0 Å². The minimum absolute atomic E-state index is 0.0248. The van der Waals surface area contributed by atoms with Gasteiger partial charge in [0.1, 0.15) is 5.69 Å². The van der Waals surface area contributed by atoms with E-state index in [9.17, 15) is 21.6 Å². The molecule has 1 heterocycles. The van der Waals surface area contributed by atoms with Gasteiger partial charge in [0.2, 0.25) is 9.84 Å². The van der Waals surface area contributed by atoms with Gasteiger partial charge in [-0.3, -0.25) is 0 Å². The number of alkyl halides is 3. The molecule has 0 spiro atoms. The Morgan fingerprint density at radius 1 is 1.10 bits per heavy atom. The van der Waals surface area contributed by atoms with Gasteiger partial charge < -0.3 is 4.74 Å². The Morgan fingerprint density at radius 3 is 2.14 bits per heavy atom. The van der Waals surface area contributed by atoms with E-state index in [1.165, 1.54) is 19.2 Å². The Morgan fingerprint density at radius 2 is 1.66 bits per heavy atom. The molecule has 3 aromatic rings. The number of hydrogen-bond acceptors (Lipinski definition) is 4. The topological polar surface area (TPSA) is 61.2 Å². The van der Waals surface area contributed by atoms with Crippen molar-refractivity contribution in [3.05, 3.63) is 62.7 Å². The van der Waals surface area contributed by atoms with Crippen LogP contribution in [0.4, 0.5) is 13.2 Å². The maximum absolute atomic E-state index is 13.0. The lowest BCUT2D eigenvalue weighted by Gasteiger charge is -2.12. The predicted molar refractivity (Wildman–Crippen MR) is 105 cm³/mol. The van der Waals surface area contributed by atoms with E-state index in [4.69, 9.17) is 27.9 Å². The van der Waals surface area contributed by atoms with Gasteiger partial charge in [0.15, 0.2) is 4.90 Å². The molecule has 0 radical (unpaired) electrons. The Hall–Kier alpha value is -1.75. The molecule has 0 N–H and O–H groups in total. The van der Waals surface area contributed by atoms with E-state index in [-0.39, 0.29) is 31.4 Å². The summed E-state index contributed by atoms with van der Waals surface area (Å²) in [6.07, 6.45) is -3.57. The zero-order valence-corrected chi connectivity index (χ0v) is 18.3. The van der Waals surface area contributed by atoms with Gasteiger partial charge in [0.25, 0.3) is 5.88 Å². The van der Waals surface area contributed by atoms with Crippen LogP contribution in [0.1, 0.15) is 5.56 Å². The average Bonchev–Trinajstić information content (AvgIpc) is 3.05. The van der Waals surface area contributed by atoms with E-state index in [2.05, 4.69) is 21.0 Å². The van der Waals surface area contributed by atoms with Crippen LogP contribution < -0.4 is 4.74 Å². The van der Waals surface area contributed by atoms with Crippen molar-refractivity contribution in [3.63, 3.8) is 0 Å². The molecular formula is C17H10BrCl2F3N2O3S. The third-order valence-electron chi connectivity index (χ3n) is 3.83. The minimum atomic E-state index is -4.65. The van der Waals surface area contributed by atoms with Gasteiger partial charge in [-0.2, -0.15) is 13.2 Å². The van der Waals surface area contributed by atoms with E-state index in [0.29, 0.717) is 16.6 Å². The maximum Gasteiger partial charge on any atom is 0.416 e. The number of aromatic nitrogens is 2. The summed E-state index contributed by atoms with van der Waals surface area (Å²) < 4.78 is 71.4. The molecule has 0 amide bonds. The zero-order chi connectivity index (χ0) is 21.6. The first-order chi connectivity index (χ1) is 13.4. The van der Waals surface area contributed by atoms with Crippen LogP contribution >= 0.6 is 39.1 Å². The molecule has 0 aliphatic carbocycles. The number of rotatable bonds is 4. The summed E-state index contributed by atoms with van der Waals surface area (Å²) >= 11 is 15.2. The monoisotopic (exact) mass is 528 g/mol. The largest absolute Gasteiger partial charge is 0.479 e. The van der Waals surface area contributed by atoms with Gasteiger partial charge in [-0.05, 0) is 36.4 Å². The fourth-order valence-electron chi connectivity index (χ4n) is 2.47. The number of sulfone groups is 1. The van der Waals surface area contributed by atoms with Gasteiger partial charge in [0, 0.05) is 4.47 Å². The van der Waals surface area contributed by atoms with Gasteiger partial charge in [0.05, 0.1) is 33.8 Å². The molecular weight excluding hydrogens is 520 g/mol. The first kappa shape index (κ1) is 21.9. The molecule has 0 fully saturated rings. The summed E-state index contributed by atoms with van der Waals surface area (Å²) in [5, 5.41) is 3.26. The third kappa shape index (κ3) is 4.25. The van der Waals surface area contributed by atoms with Crippen molar-refractivity contribution in [3.8, 4) is 11.6 Å². The molecule has 154 valence electrons. The summed E-state index contributed by atoms with van der Waals surface area (Å²) in [6, 6.07) is 7.23.